The van der Waals surface area contributed by atoms with Gasteiger partial charge in [-0.1, -0.05) is 11.6 Å². The molecule has 7 nitrogen and oxygen atoms in total. The van der Waals surface area contributed by atoms with Gasteiger partial charge in [-0.2, -0.15) is 0 Å². The van der Waals surface area contributed by atoms with Crippen molar-refractivity contribution < 1.29 is 8.42 Å². The van der Waals surface area contributed by atoms with Gasteiger partial charge in [-0.15, -0.1) is 0 Å². The van der Waals surface area contributed by atoms with Gasteiger partial charge in [0.15, 0.2) is 0 Å². The summed E-state index contributed by atoms with van der Waals surface area (Å²) in [5, 5.41) is 3.30. The van der Waals surface area contributed by atoms with Gasteiger partial charge in [-0.25, -0.2) is 23.4 Å². The van der Waals surface area contributed by atoms with E-state index in [1.165, 1.54) is 30.7 Å². The highest BCUT2D eigenvalue weighted by Gasteiger charge is 2.16. The summed E-state index contributed by atoms with van der Waals surface area (Å²) in [6, 6.07) is 3.00. The summed E-state index contributed by atoms with van der Waals surface area (Å²) in [5.41, 5.74) is 0. The Bertz CT molecular complexity index is 673. The van der Waals surface area contributed by atoms with Crippen LogP contribution in [0.25, 0.3) is 0 Å². The molecule has 0 atom stereocenters. The summed E-state index contributed by atoms with van der Waals surface area (Å²) in [5.74, 6) is 0.543. The lowest BCUT2D eigenvalue weighted by Gasteiger charge is -2.07. The van der Waals surface area contributed by atoms with Crippen LogP contribution in [-0.2, 0) is 10.0 Å². The van der Waals surface area contributed by atoms with Gasteiger partial charge in [0.2, 0.25) is 5.95 Å². The van der Waals surface area contributed by atoms with Crippen molar-refractivity contribution in [2.24, 2.45) is 0 Å². The summed E-state index contributed by atoms with van der Waals surface area (Å²) in [7, 11) is -3.77. The second-order valence-electron chi connectivity index (χ2n) is 3.74. The Morgan fingerprint density at radius 1 is 1.15 bits per heavy atom. The third-order valence-corrected chi connectivity index (χ3v) is 3.77. The first-order valence-electron chi connectivity index (χ1n) is 5.71. The molecule has 0 aliphatic heterocycles. The number of hydrogen-bond donors (Lipinski definition) is 2. The molecule has 0 amide bonds. The number of aromatic nitrogens is 3. The van der Waals surface area contributed by atoms with E-state index in [0.717, 1.165) is 0 Å². The van der Waals surface area contributed by atoms with E-state index in [1.807, 2.05) is 6.92 Å². The van der Waals surface area contributed by atoms with E-state index in [4.69, 9.17) is 11.6 Å². The quantitative estimate of drug-likeness (QED) is 0.873. The maximum Gasteiger partial charge on any atom is 0.266 e. The Kier molecular flexibility index (Phi) is 4.35. The van der Waals surface area contributed by atoms with Crippen LogP contribution in [0.15, 0.2) is 35.6 Å². The first-order valence-corrected chi connectivity index (χ1v) is 7.57. The fourth-order valence-electron chi connectivity index (χ4n) is 1.34. The minimum Gasteiger partial charge on any atom is -0.355 e. The van der Waals surface area contributed by atoms with Crippen molar-refractivity contribution in [3.05, 3.63) is 35.7 Å². The summed E-state index contributed by atoms with van der Waals surface area (Å²) >= 11 is 5.68. The van der Waals surface area contributed by atoms with Crippen molar-refractivity contribution >= 4 is 33.4 Å². The average molecular weight is 314 g/mol. The first kappa shape index (κ1) is 14.5. The maximum absolute atomic E-state index is 12.1. The molecule has 2 aromatic rings. The molecule has 0 radical (unpaired) electrons. The summed E-state index contributed by atoms with van der Waals surface area (Å²) in [4.78, 5) is 11.6. The number of hydrogen-bond acceptors (Lipinski definition) is 6. The largest absolute Gasteiger partial charge is 0.355 e. The topological polar surface area (TPSA) is 96.9 Å². The van der Waals surface area contributed by atoms with E-state index in [0.29, 0.717) is 17.5 Å². The third-order valence-electron chi connectivity index (χ3n) is 2.24. The Morgan fingerprint density at radius 3 is 2.40 bits per heavy atom. The van der Waals surface area contributed by atoms with E-state index in [9.17, 15) is 8.42 Å². The zero-order valence-corrected chi connectivity index (χ0v) is 12.1. The van der Waals surface area contributed by atoms with Crippen LogP contribution in [-0.4, -0.2) is 29.9 Å². The fraction of sp³-hybridized carbons (Fsp3) is 0.182. The van der Waals surface area contributed by atoms with Gasteiger partial charge in [-0.3, -0.25) is 4.72 Å². The molecule has 9 heteroatoms. The average Bonchev–Trinajstić information content (AvgIpc) is 2.42. The Balaban J connectivity index is 2.19. The molecule has 2 N–H and O–H groups in total. The van der Waals surface area contributed by atoms with Crippen LogP contribution in [0.3, 0.4) is 0 Å². The molecule has 0 spiro atoms. The number of rotatable bonds is 5. The van der Waals surface area contributed by atoms with E-state index < -0.39 is 10.0 Å². The molecule has 2 aromatic heterocycles. The van der Waals surface area contributed by atoms with Crippen molar-refractivity contribution in [2.75, 3.05) is 16.6 Å². The monoisotopic (exact) mass is 313 g/mol. The Labute approximate surface area is 121 Å². The van der Waals surface area contributed by atoms with E-state index in [2.05, 4.69) is 25.0 Å². The van der Waals surface area contributed by atoms with Crippen LogP contribution in [0, 0.1) is 0 Å². The third kappa shape index (κ3) is 3.55. The van der Waals surface area contributed by atoms with Gasteiger partial charge in [0.25, 0.3) is 10.0 Å². The SMILES string of the molecule is CCNc1ncc(S(=O)(=O)Nc2ccc(Cl)cn2)cn1. The lowest BCUT2D eigenvalue weighted by atomic mass is 10.5. The smallest absolute Gasteiger partial charge is 0.266 e. The Hall–Kier alpha value is -1.93. The molecule has 106 valence electrons. The molecule has 0 bridgehead atoms. The molecule has 20 heavy (non-hydrogen) atoms. The molecule has 0 aromatic carbocycles. The number of halogens is 1. The number of nitrogens with one attached hydrogen (secondary N) is 2. The van der Waals surface area contributed by atoms with Crippen molar-refractivity contribution in [3.8, 4) is 0 Å². The highest BCUT2D eigenvalue weighted by Crippen LogP contribution is 2.15. The van der Waals surface area contributed by atoms with Gasteiger partial charge in [0.1, 0.15) is 10.7 Å². The Morgan fingerprint density at radius 2 is 1.85 bits per heavy atom. The highest BCUT2D eigenvalue weighted by molar-refractivity contribution is 7.92. The van der Waals surface area contributed by atoms with Crippen LogP contribution >= 0.6 is 11.6 Å². The zero-order valence-electron chi connectivity index (χ0n) is 10.5. The van der Waals surface area contributed by atoms with Crippen molar-refractivity contribution in [1.29, 1.82) is 0 Å². The molecule has 0 aliphatic carbocycles. The zero-order chi connectivity index (χ0) is 14.6. The molecule has 2 heterocycles. The fourth-order valence-corrected chi connectivity index (χ4v) is 2.35. The second-order valence-corrected chi connectivity index (χ2v) is 5.86. The van der Waals surface area contributed by atoms with Crippen molar-refractivity contribution in [1.82, 2.24) is 15.0 Å². The molecular weight excluding hydrogens is 302 g/mol. The van der Waals surface area contributed by atoms with Crippen LogP contribution in [0.1, 0.15) is 6.92 Å². The predicted octanol–water partition coefficient (Wildman–Crippen LogP) is 1.76. The maximum atomic E-state index is 12.1. The van der Waals surface area contributed by atoms with E-state index in [1.54, 1.807) is 0 Å². The predicted molar refractivity (Wildman–Crippen MR) is 76.3 cm³/mol. The van der Waals surface area contributed by atoms with E-state index in [-0.39, 0.29) is 10.7 Å². The first-order chi connectivity index (χ1) is 9.51. The van der Waals surface area contributed by atoms with Crippen LogP contribution in [0.4, 0.5) is 11.8 Å². The summed E-state index contributed by atoms with van der Waals surface area (Å²) in [6.07, 6.45) is 3.80. The molecular formula is C11H12ClN5O2S. The van der Waals surface area contributed by atoms with Gasteiger partial charge < -0.3 is 5.32 Å². The number of sulfonamides is 1. The highest BCUT2D eigenvalue weighted by atomic mass is 35.5. The molecule has 0 aliphatic rings. The van der Waals surface area contributed by atoms with Crippen LogP contribution in [0.5, 0.6) is 0 Å². The van der Waals surface area contributed by atoms with Gasteiger partial charge in [0, 0.05) is 12.7 Å². The molecule has 0 unspecified atom stereocenters. The minimum absolute atomic E-state index is 0.0455. The van der Waals surface area contributed by atoms with Crippen LogP contribution in [0.2, 0.25) is 5.02 Å². The number of anilines is 2. The summed E-state index contributed by atoms with van der Waals surface area (Å²) in [6.45, 7) is 2.54. The standard InChI is InChI=1S/C11H12ClN5O2S/c1-2-13-11-15-6-9(7-16-11)20(18,19)17-10-4-3-8(12)5-14-10/h3-7H,2H2,1H3,(H,14,17)(H,13,15,16). The normalized spacial score (nSPS) is 11.1. The van der Waals surface area contributed by atoms with Gasteiger partial charge in [-0.05, 0) is 19.1 Å². The molecule has 0 fully saturated rings. The van der Waals surface area contributed by atoms with Crippen molar-refractivity contribution in [2.45, 2.75) is 11.8 Å². The lowest BCUT2D eigenvalue weighted by molar-refractivity contribution is 0.600. The molecule has 0 saturated heterocycles. The van der Waals surface area contributed by atoms with Crippen molar-refractivity contribution in [3.63, 3.8) is 0 Å². The molecule has 2 rings (SSSR count). The molecule has 0 saturated carbocycles. The minimum atomic E-state index is -3.77. The van der Waals surface area contributed by atoms with Gasteiger partial charge in [0.05, 0.1) is 17.4 Å². The van der Waals surface area contributed by atoms with Gasteiger partial charge >= 0.3 is 0 Å². The number of pyridine rings is 1. The van der Waals surface area contributed by atoms with Crippen LogP contribution < -0.4 is 10.0 Å². The summed E-state index contributed by atoms with van der Waals surface area (Å²) < 4.78 is 26.5. The number of nitrogens with zero attached hydrogens (tertiary/aromatic N) is 3. The second kappa shape index (κ2) is 6.02. The van der Waals surface area contributed by atoms with E-state index >= 15 is 0 Å². The lowest BCUT2D eigenvalue weighted by Crippen LogP contribution is -2.15.